The summed E-state index contributed by atoms with van der Waals surface area (Å²) in [6.07, 6.45) is 5.72. The van der Waals surface area contributed by atoms with Crippen molar-refractivity contribution in [1.82, 2.24) is 9.78 Å². The van der Waals surface area contributed by atoms with E-state index in [-0.39, 0.29) is 5.91 Å². The first-order chi connectivity index (χ1) is 9.69. The Bertz CT molecular complexity index is 577. The second kappa shape index (κ2) is 6.68. The monoisotopic (exact) mass is 270 g/mol. The molecule has 1 amide bonds. The van der Waals surface area contributed by atoms with Crippen molar-refractivity contribution in [3.63, 3.8) is 0 Å². The van der Waals surface area contributed by atoms with Crippen LogP contribution in [0.3, 0.4) is 0 Å². The molecule has 1 atom stereocenters. The number of carbonyl (C=O) groups is 1. The summed E-state index contributed by atoms with van der Waals surface area (Å²) in [5.74, 6) is -0.207. The molecule has 1 aromatic carbocycles. The molecule has 5 heteroatoms. The highest BCUT2D eigenvalue weighted by Gasteiger charge is 2.11. The van der Waals surface area contributed by atoms with Gasteiger partial charge in [-0.1, -0.05) is 18.2 Å². The third-order valence-electron chi connectivity index (χ3n) is 2.86. The van der Waals surface area contributed by atoms with E-state index in [1.807, 2.05) is 41.2 Å². The molecule has 1 unspecified atom stereocenters. The van der Waals surface area contributed by atoms with Gasteiger partial charge in [0.2, 0.25) is 5.91 Å². The highest BCUT2D eigenvalue weighted by atomic mass is 16.2. The van der Waals surface area contributed by atoms with Crippen LogP contribution in [0.2, 0.25) is 0 Å². The van der Waals surface area contributed by atoms with Crippen LogP contribution in [-0.4, -0.2) is 21.7 Å². The molecule has 20 heavy (non-hydrogen) atoms. The summed E-state index contributed by atoms with van der Waals surface area (Å²) in [4.78, 5) is 11.8. The van der Waals surface area contributed by atoms with Gasteiger partial charge >= 0.3 is 0 Å². The lowest BCUT2D eigenvalue weighted by molar-refractivity contribution is -0.117. The molecule has 1 aromatic heterocycles. The van der Waals surface area contributed by atoms with Gasteiger partial charge in [0, 0.05) is 18.1 Å². The first kappa shape index (κ1) is 14.0. The van der Waals surface area contributed by atoms with E-state index in [2.05, 4.69) is 17.0 Å². The van der Waals surface area contributed by atoms with Gasteiger partial charge in [-0.2, -0.15) is 5.10 Å². The van der Waals surface area contributed by atoms with Gasteiger partial charge in [-0.25, -0.2) is 0 Å². The molecular weight excluding hydrogens is 252 g/mol. The van der Waals surface area contributed by atoms with Gasteiger partial charge < -0.3 is 11.1 Å². The fourth-order valence-corrected chi connectivity index (χ4v) is 1.85. The second-order valence-electron chi connectivity index (χ2n) is 4.52. The summed E-state index contributed by atoms with van der Waals surface area (Å²) in [5.41, 5.74) is 7.52. The Balaban J connectivity index is 2.02. The molecule has 3 N–H and O–H groups in total. The van der Waals surface area contributed by atoms with E-state index >= 15 is 0 Å². The number of hydrogen-bond acceptors (Lipinski definition) is 3. The predicted octanol–water partition coefficient (Wildman–Crippen LogP) is 1.77. The molecule has 0 aliphatic heterocycles. The summed E-state index contributed by atoms with van der Waals surface area (Å²) in [6, 6.07) is 8.95. The SMILES string of the molecule is C=CCC(N)C(=O)Nc1cccc(Cn2cccn2)c1. The Morgan fingerprint density at radius 1 is 1.50 bits per heavy atom. The zero-order chi connectivity index (χ0) is 14.4. The fraction of sp³-hybridized carbons (Fsp3) is 0.200. The fourth-order valence-electron chi connectivity index (χ4n) is 1.85. The molecular formula is C15H18N4O. The molecule has 0 radical (unpaired) electrons. The lowest BCUT2D eigenvalue weighted by Gasteiger charge is -2.11. The first-order valence-corrected chi connectivity index (χ1v) is 6.43. The average molecular weight is 270 g/mol. The summed E-state index contributed by atoms with van der Waals surface area (Å²) in [7, 11) is 0. The van der Waals surface area contributed by atoms with Crippen molar-refractivity contribution in [1.29, 1.82) is 0 Å². The van der Waals surface area contributed by atoms with Gasteiger partial charge in [-0.3, -0.25) is 9.48 Å². The van der Waals surface area contributed by atoms with Crippen molar-refractivity contribution in [2.24, 2.45) is 5.73 Å². The largest absolute Gasteiger partial charge is 0.325 e. The van der Waals surface area contributed by atoms with Crippen molar-refractivity contribution in [2.45, 2.75) is 19.0 Å². The lowest BCUT2D eigenvalue weighted by atomic mass is 10.1. The minimum Gasteiger partial charge on any atom is -0.325 e. The van der Waals surface area contributed by atoms with Crippen LogP contribution in [0.15, 0.2) is 55.4 Å². The molecule has 0 spiro atoms. The lowest BCUT2D eigenvalue weighted by Crippen LogP contribution is -2.35. The molecule has 1 heterocycles. The number of anilines is 1. The molecule has 2 rings (SSSR count). The van der Waals surface area contributed by atoms with Gasteiger partial charge in [0.05, 0.1) is 12.6 Å². The topological polar surface area (TPSA) is 72.9 Å². The molecule has 0 aliphatic carbocycles. The van der Waals surface area contributed by atoms with Gasteiger partial charge in [-0.15, -0.1) is 6.58 Å². The average Bonchev–Trinajstić information content (AvgIpc) is 2.92. The number of rotatable bonds is 6. The number of hydrogen-bond donors (Lipinski definition) is 2. The molecule has 104 valence electrons. The van der Waals surface area contributed by atoms with Crippen molar-refractivity contribution >= 4 is 11.6 Å². The van der Waals surface area contributed by atoms with Gasteiger partial charge in [0.25, 0.3) is 0 Å². The van der Waals surface area contributed by atoms with E-state index in [1.54, 1.807) is 12.3 Å². The van der Waals surface area contributed by atoms with Crippen molar-refractivity contribution < 1.29 is 4.79 Å². The number of benzene rings is 1. The summed E-state index contributed by atoms with van der Waals surface area (Å²) >= 11 is 0. The van der Waals surface area contributed by atoms with E-state index in [9.17, 15) is 4.79 Å². The second-order valence-corrected chi connectivity index (χ2v) is 4.52. The van der Waals surface area contributed by atoms with Crippen LogP contribution in [0, 0.1) is 0 Å². The van der Waals surface area contributed by atoms with Crippen LogP contribution in [0.5, 0.6) is 0 Å². The summed E-state index contributed by atoms with van der Waals surface area (Å²) in [5, 5.41) is 6.96. The molecule has 0 aliphatic rings. The van der Waals surface area contributed by atoms with Gasteiger partial charge in [0.15, 0.2) is 0 Å². The minimum atomic E-state index is -0.567. The maximum atomic E-state index is 11.8. The maximum absolute atomic E-state index is 11.8. The normalized spacial score (nSPS) is 11.8. The smallest absolute Gasteiger partial charge is 0.241 e. The Hall–Kier alpha value is -2.40. The van der Waals surface area contributed by atoms with Crippen LogP contribution in [0.1, 0.15) is 12.0 Å². The van der Waals surface area contributed by atoms with Crippen LogP contribution in [0.25, 0.3) is 0 Å². The van der Waals surface area contributed by atoms with E-state index in [0.717, 1.165) is 11.3 Å². The molecule has 0 bridgehead atoms. The molecule has 0 saturated heterocycles. The highest BCUT2D eigenvalue weighted by molar-refractivity contribution is 5.94. The number of nitrogens with two attached hydrogens (primary N) is 1. The van der Waals surface area contributed by atoms with Gasteiger partial charge in [-0.05, 0) is 30.2 Å². The maximum Gasteiger partial charge on any atom is 0.241 e. The van der Waals surface area contributed by atoms with Crippen LogP contribution in [-0.2, 0) is 11.3 Å². The van der Waals surface area contributed by atoms with Gasteiger partial charge in [0.1, 0.15) is 0 Å². The quantitative estimate of drug-likeness (QED) is 0.786. The van der Waals surface area contributed by atoms with Crippen LogP contribution >= 0.6 is 0 Å². The van der Waals surface area contributed by atoms with Crippen LogP contribution in [0.4, 0.5) is 5.69 Å². The van der Waals surface area contributed by atoms with E-state index < -0.39 is 6.04 Å². The van der Waals surface area contributed by atoms with Crippen molar-refractivity contribution in [3.05, 3.63) is 60.9 Å². The third-order valence-corrected chi connectivity index (χ3v) is 2.86. The Morgan fingerprint density at radius 2 is 2.35 bits per heavy atom. The number of aromatic nitrogens is 2. The molecule has 2 aromatic rings. The van der Waals surface area contributed by atoms with Crippen molar-refractivity contribution in [3.8, 4) is 0 Å². The number of nitrogens with one attached hydrogen (secondary N) is 1. The molecule has 0 fully saturated rings. The first-order valence-electron chi connectivity index (χ1n) is 6.43. The molecule has 5 nitrogen and oxygen atoms in total. The highest BCUT2D eigenvalue weighted by Crippen LogP contribution is 2.12. The standard InChI is InChI=1S/C15H18N4O/c1-2-5-14(16)15(20)18-13-7-3-6-12(10-13)11-19-9-4-8-17-19/h2-4,6-10,14H,1,5,11,16H2,(H,18,20). The summed E-state index contributed by atoms with van der Waals surface area (Å²) in [6.45, 7) is 4.24. The van der Waals surface area contributed by atoms with E-state index in [1.165, 1.54) is 0 Å². The van der Waals surface area contributed by atoms with Crippen molar-refractivity contribution in [2.75, 3.05) is 5.32 Å². The van der Waals surface area contributed by atoms with E-state index in [4.69, 9.17) is 5.73 Å². The zero-order valence-corrected chi connectivity index (χ0v) is 11.2. The number of nitrogens with zero attached hydrogens (tertiary/aromatic N) is 2. The Morgan fingerprint density at radius 3 is 3.05 bits per heavy atom. The predicted molar refractivity (Wildman–Crippen MR) is 79.2 cm³/mol. The summed E-state index contributed by atoms with van der Waals surface area (Å²) < 4.78 is 1.82. The van der Waals surface area contributed by atoms with E-state index in [0.29, 0.717) is 13.0 Å². The number of carbonyl (C=O) groups excluding carboxylic acids is 1. The zero-order valence-electron chi connectivity index (χ0n) is 11.2. The number of amides is 1. The minimum absolute atomic E-state index is 0.207. The van der Waals surface area contributed by atoms with Crippen LogP contribution < -0.4 is 11.1 Å². The molecule has 0 saturated carbocycles. The Labute approximate surface area is 118 Å². The third kappa shape index (κ3) is 3.80. The Kier molecular flexibility index (Phi) is 4.68.